The van der Waals surface area contributed by atoms with Gasteiger partial charge in [-0.3, -0.25) is 4.68 Å². The fourth-order valence-corrected chi connectivity index (χ4v) is 2.74. The highest BCUT2D eigenvalue weighted by atomic mass is 15.4. The summed E-state index contributed by atoms with van der Waals surface area (Å²) < 4.78 is 3.68. The molecule has 1 atom stereocenters. The monoisotopic (exact) mass is 333 g/mol. The molecule has 0 spiro atoms. The largest absolute Gasteiger partial charge is 0.362 e. The standard InChI is InChI=1S/C18H19N7/c1-13(20-17-8-9-18-22-21-14(2)25(18)23-17)16-10-19-24(12-16)11-15-6-4-3-5-7-15/h3-10,12-13H,11H2,1-2H3,(H,20,23). The molecule has 0 saturated carbocycles. The van der Waals surface area contributed by atoms with E-state index in [2.05, 4.69) is 51.0 Å². The molecular weight excluding hydrogens is 314 g/mol. The molecule has 0 fully saturated rings. The highest BCUT2D eigenvalue weighted by molar-refractivity contribution is 5.45. The predicted molar refractivity (Wildman–Crippen MR) is 95.3 cm³/mol. The number of nitrogens with one attached hydrogen (secondary N) is 1. The molecule has 3 heterocycles. The fourth-order valence-electron chi connectivity index (χ4n) is 2.74. The lowest BCUT2D eigenvalue weighted by molar-refractivity contribution is 0.685. The number of fused-ring (bicyclic) bond motifs is 1. The molecule has 25 heavy (non-hydrogen) atoms. The summed E-state index contributed by atoms with van der Waals surface area (Å²) in [5.41, 5.74) is 3.08. The Morgan fingerprint density at radius 1 is 1.08 bits per heavy atom. The molecule has 1 aromatic carbocycles. The number of anilines is 1. The lowest BCUT2D eigenvalue weighted by atomic mass is 10.2. The van der Waals surface area contributed by atoms with E-state index in [-0.39, 0.29) is 6.04 Å². The van der Waals surface area contributed by atoms with Crippen molar-refractivity contribution in [2.75, 3.05) is 5.32 Å². The zero-order valence-electron chi connectivity index (χ0n) is 14.2. The van der Waals surface area contributed by atoms with Crippen molar-refractivity contribution >= 4 is 11.5 Å². The molecular formula is C18H19N7. The second kappa shape index (κ2) is 6.35. The average Bonchev–Trinajstić information content (AvgIpc) is 3.23. The maximum Gasteiger partial charge on any atom is 0.178 e. The second-order valence-corrected chi connectivity index (χ2v) is 6.06. The molecule has 4 rings (SSSR count). The first-order valence-corrected chi connectivity index (χ1v) is 8.21. The van der Waals surface area contributed by atoms with Gasteiger partial charge in [-0.25, -0.2) is 0 Å². The Morgan fingerprint density at radius 2 is 1.92 bits per heavy atom. The van der Waals surface area contributed by atoms with Crippen LogP contribution < -0.4 is 5.32 Å². The maximum atomic E-state index is 4.53. The van der Waals surface area contributed by atoms with Crippen LogP contribution in [0.25, 0.3) is 5.65 Å². The zero-order chi connectivity index (χ0) is 17.2. The summed E-state index contributed by atoms with van der Waals surface area (Å²) in [6.45, 7) is 4.74. The fraction of sp³-hybridized carbons (Fsp3) is 0.222. The van der Waals surface area contributed by atoms with E-state index in [9.17, 15) is 0 Å². The van der Waals surface area contributed by atoms with Gasteiger partial charge in [-0.15, -0.1) is 15.3 Å². The van der Waals surface area contributed by atoms with Crippen LogP contribution in [0.1, 0.15) is 29.9 Å². The SMILES string of the molecule is Cc1nnc2ccc(NC(C)c3cnn(Cc4ccccc4)c3)nn12. The third kappa shape index (κ3) is 3.21. The van der Waals surface area contributed by atoms with Gasteiger partial charge in [0.25, 0.3) is 0 Å². The number of benzene rings is 1. The van der Waals surface area contributed by atoms with E-state index in [4.69, 9.17) is 0 Å². The minimum absolute atomic E-state index is 0.0891. The Hall–Kier alpha value is -3.22. The number of aromatic nitrogens is 6. The average molecular weight is 333 g/mol. The Balaban J connectivity index is 1.48. The van der Waals surface area contributed by atoms with Gasteiger partial charge < -0.3 is 5.32 Å². The zero-order valence-corrected chi connectivity index (χ0v) is 14.2. The molecule has 1 N–H and O–H groups in total. The summed E-state index contributed by atoms with van der Waals surface area (Å²) in [6.07, 6.45) is 3.95. The molecule has 0 radical (unpaired) electrons. The normalized spacial score (nSPS) is 12.4. The summed E-state index contributed by atoms with van der Waals surface area (Å²) in [5.74, 6) is 1.54. The van der Waals surface area contributed by atoms with E-state index in [0.29, 0.717) is 0 Å². The van der Waals surface area contributed by atoms with Gasteiger partial charge in [-0.2, -0.15) is 9.61 Å². The van der Waals surface area contributed by atoms with E-state index < -0.39 is 0 Å². The van der Waals surface area contributed by atoms with E-state index in [1.54, 1.807) is 4.52 Å². The van der Waals surface area contributed by atoms with Gasteiger partial charge in [0.2, 0.25) is 0 Å². The van der Waals surface area contributed by atoms with Crippen LogP contribution in [0.3, 0.4) is 0 Å². The Morgan fingerprint density at radius 3 is 2.76 bits per heavy atom. The summed E-state index contributed by atoms with van der Waals surface area (Å²) in [7, 11) is 0. The minimum atomic E-state index is 0.0891. The maximum absolute atomic E-state index is 4.53. The van der Waals surface area contributed by atoms with Gasteiger partial charge in [-0.05, 0) is 31.5 Å². The van der Waals surface area contributed by atoms with Crippen molar-refractivity contribution in [2.45, 2.75) is 26.4 Å². The van der Waals surface area contributed by atoms with Crippen molar-refractivity contribution in [1.82, 2.24) is 29.6 Å². The van der Waals surface area contributed by atoms with Crippen LogP contribution in [0.15, 0.2) is 54.9 Å². The van der Waals surface area contributed by atoms with E-state index in [1.807, 2.05) is 48.1 Å². The van der Waals surface area contributed by atoms with Gasteiger partial charge in [0.05, 0.1) is 18.8 Å². The van der Waals surface area contributed by atoms with Crippen LogP contribution in [0.4, 0.5) is 5.82 Å². The van der Waals surface area contributed by atoms with Gasteiger partial charge in [0.1, 0.15) is 5.82 Å². The van der Waals surface area contributed by atoms with E-state index in [1.165, 1.54) is 5.56 Å². The molecule has 0 aliphatic heterocycles. The van der Waals surface area contributed by atoms with Crippen molar-refractivity contribution in [3.05, 3.63) is 71.8 Å². The lowest BCUT2D eigenvalue weighted by Crippen LogP contribution is -2.09. The number of hydrogen-bond donors (Lipinski definition) is 1. The van der Waals surface area contributed by atoms with Crippen LogP contribution in [0, 0.1) is 6.92 Å². The number of aryl methyl sites for hydroxylation is 1. The number of rotatable bonds is 5. The summed E-state index contributed by atoms with van der Waals surface area (Å²) in [4.78, 5) is 0. The topological polar surface area (TPSA) is 72.9 Å². The van der Waals surface area contributed by atoms with E-state index in [0.717, 1.165) is 29.4 Å². The highest BCUT2D eigenvalue weighted by Gasteiger charge is 2.10. The predicted octanol–water partition coefficient (Wildman–Crippen LogP) is 2.85. The first-order valence-electron chi connectivity index (χ1n) is 8.21. The van der Waals surface area contributed by atoms with Crippen molar-refractivity contribution in [3.63, 3.8) is 0 Å². The molecule has 126 valence electrons. The number of nitrogens with zero attached hydrogens (tertiary/aromatic N) is 6. The lowest BCUT2D eigenvalue weighted by Gasteiger charge is -2.12. The Kier molecular flexibility index (Phi) is 3.89. The molecule has 7 heteroatoms. The van der Waals surface area contributed by atoms with Crippen LogP contribution in [-0.4, -0.2) is 29.6 Å². The Bertz CT molecular complexity index is 987. The van der Waals surface area contributed by atoms with Crippen molar-refractivity contribution in [2.24, 2.45) is 0 Å². The van der Waals surface area contributed by atoms with Crippen molar-refractivity contribution in [3.8, 4) is 0 Å². The first-order chi connectivity index (χ1) is 12.2. The van der Waals surface area contributed by atoms with E-state index >= 15 is 0 Å². The molecule has 0 amide bonds. The van der Waals surface area contributed by atoms with Crippen molar-refractivity contribution in [1.29, 1.82) is 0 Å². The van der Waals surface area contributed by atoms with Crippen LogP contribution in [-0.2, 0) is 6.54 Å². The molecule has 0 aliphatic rings. The minimum Gasteiger partial charge on any atom is -0.362 e. The summed E-state index contributed by atoms with van der Waals surface area (Å²) in [5, 5.41) is 20.5. The summed E-state index contributed by atoms with van der Waals surface area (Å²) >= 11 is 0. The second-order valence-electron chi connectivity index (χ2n) is 6.06. The third-order valence-corrected chi connectivity index (χ3v) is 4.12. The molecule has 4 aromatic rings. The van der Waals surface area contributed by atoms with Gasteiger partial charge in [0.15, 0.2) is 11.5 Å². The van der Waals surface area contributed by atoms with Crippen LogP contribution >= 0.6 is 0 Å². The Labute approximate surface area is 145 Å². The molecule has 0 saturated heterocycles. The van der Waals surface area contributed by atoms with Gasteiger partial charge >= 0.3 is 0 Å². The molecule has 3 aromatic heterocycles. The third-order valence-electron chi connectivity index (χ3n) is 4.12. The molecule has 0 bridgehead atoms. The van der Waals surface area contributed by atoms with Gasteiger partial charge in [-0.1, -0.05) is 30.3 Å². The van der Waals surface area contributed by atoms with Crippen LogP contribution in [0.5, 0.6) is 0 Å². The molecule has 0 aliphatic carbocycles. The van der Waals surface area contributed by atoms with Gasteiger partial charge in [0, 0.05) is 11.8 Å². The first kappa shape index (κ1) is 15.3. The quantitative estimate of drug-likeness (QED) is 0.608. The van der Waals surface area contributed by atoms with Crippen molar-refractivity contribution < 1.29 is 0 Å². The molecule has 1 unspecified atom stereocenters. The highest BCUT2D eigenvalue weighted by Crippen LogP contribution is 2.18. The smallest absolute Gasteiger partial charge is 0.178 e. The van der Waals surface area contributed by atoms with Crippen LogP contribution in [0.2, 0.25) is 0 Å². The number of hydrogen-bond acceptors (Lipinski definition) is 5. The molecule has 7 nitrogen and oxygen atoms in total. The summed E-state index contributed by atoms with van der Waals surface area (Å²) in [6, 6.07) is 14.2.